The summed E-state index contributed by atoms with van der Waals surface area (Å²) in [6, 6.07) is 5.48. The molecule has 6 heteroatoms. The van der Waals surface area contributed by atoms with Crippen molar-refractivity contribution < 1.29 is 9.59 Å². The van der Waals surface area contributed by atoms with Crippen molar-refractivity contribution in [2.45, 2.75) is 26.8 Å². The number of hydrogen-bond donors (Lipinski definition) is 1. The van der Waals surface area contributed by atoms with Gasteiger partial charge in [0, 0.05) is 19.3 Å². The van der Waals surface area contributed by atoms with Crippen LogP contribution in [0.5, 0.6) is 0 Å². The van der Waals surface area contributed by atoms with Crippen molar-refractivity contribution in [1.82, 2.24) is 15.2 Å². The van der Waals surface area contributed by atoms with Crippen LogP contribution in [0.3, 0.4) is 0 Å². The van der Waals surface area contributed by atoms with Crippen LogP contribution in [-0.2, 0) is 9.59 Å². The molecule has 0 saturated carbocycles. The van der Waals surface area contributed by atoms with Crippen LogP contribution < -0.4 is 5.32 Å². The van der Waals surface area contributed by atoms with Crippen LogP contribution in [0.1, 0.15) is 32.5 Å². The van der Waals surface area contributed by atoms with Crippen LogP contribution in [-0.4, -0.2) is 46.3 Å². The second-order valence-electron chi connectivity index (χ2n) is 4.60. The van der Waals surface area contributed by atoms with Crippen LogP contribution in [0.15, 0.2) is 24.4 Å². The first kappa shape index (κ1) is 17.5. The molecule has 0 aliphatic heterocycles. The van der Waals surface area contributed by atoms with Crippen molar-refractivity contribution >= 4 is 23.6 Å². The quantitative estimate of drug-likeness (QED) is 0.796. The number of thioether (sulfide) groups is 1. The topological polar surface area (TPSA) is 62.3 Å². The van der Waals surface area contributed by atoms with Crippen LogP contribution in [0.2, 0.25) is 0 Å². The van der Waals surface area contributed by atoms with Crippen LogP contribution in [0.4, 0.5) is 0 Å². The average Bonchev–Trinajstić information content (AvgIpc) is 2.49. The van der Waals surface area contributed by atoms with Gasteiger partial charge in [-0.25, -0.2) is 0 Å². The van der Waals surface area contributed by atoms with Gasteiger partial charge in [0.2, 0.25) is 11.8 Å². The van der Waals surface area contributed by atoms with Gasteiger partial charge in [0.15, 0.2) is 0 Å². The summed E-state index contributed by atoms with van der Waals surface area (Å²) in [5, 5.41) is 2.88. The summed E-state index contributed by atoms with van der Waals surface area (Å²) in [6.07, 6.45) is 1.70. The Bertz CT molecular complexity index is 449. The molecule has 1 rings (SSSR count). The number of carbonyl (C=O) groups excluding carboxylic acids is 2. The molecule has 0 fully saturated rings. The van der Waals surface area contributed by atoms with E-state index in [2.05, 4.69) is 10.3 Å². The fourth-order valence-corrected chi connectivity index (χ4v) is 2.62. The number of aromatic nitrogens is 1. The number of carbonyl (C=O) groups is 2. The van der Waals surface area contributed by atoms with E-state index in [0.717, 1.165) is 5.69 Å². The van der Waals surface area contributed by atoms with E-state index < -0.39 is 0 Å². The molecule has 1 N–H and O–H groups in total. The fraction of sp³-hybridized carbons (Fsp3) is 0.533. The lowest BCUT2D eigenvalue weighted by molar-refractivity contribution is -0.127. The molecule has 0 aliphatic rings. The second kappa shape index (κ2) is 9.39. The Hall–Kier alpha value is -1.56. The molecule has 1 atom stereocenters. The summed E-state index contributed by atoms with van der Waals surface area (Å²) in [5.74, 6) is 0.623. The van der Waals surface area contributed by atoms with E-state index in [9.17, 15) is 9.59 Å². The predicted octanol–water partition coefficient (Wildman–Crippen LogP) is 1.86. The largest absolute Gasteiger partial charge is 0.347 e. The molecule has 0 aliphatic carbocycles. The van der Waals surface area contributed by atoms with E-state index in [1.165, 1.54) is 11.8 Å². The SMILES string of the molecule is CCN(CC)C(=O)CSCC(=O)N[C@H](C)c1ccccn1. The Labute approximate surface area is 130 Å². The Balaban J connectivity index is 2.30. The lowest BCUT2D eigenvalue weighted by Crippen LogP contribution is -2.33. The highest BCUT2D eigenvalue weighted by Gasteiger charge is 2.13. The Morgan fingerprint density at radius 2 is 2.00 bits per heavy atom. The van der Waals surface area contributed by atoms with Crippen molar-refractivity contribution in [3.05, 3.63) is 30.1 Å². The molecule has 1 heterocycles. The Morgan fingerprint density at radius 3 is 2.57 bits per heavy atom. The molecule has 0 bridgehead atoms. The standard InChI is InChI=1S/C15H23N3O2S/c1-4-18(5-2)15(20)11-21-10-14(19)17-12(3)13-8-6-7-9-16-13/h6-9,12H,4-5,10-11H2,1-3H3,(H,17,19)/t12-/m1/s1. The van der Waals surface area contributed by atoms with Gasteiger partial charge in [-0.05, 0) is 32.9 Å². The Morgan fingerprint density at radius 1 is 1.29 bits per heavy atom. The van der Waals surface area contributed by atoms with Gasteiger partial charge < -0.3 is 10.2 Å². The van der Waals surface area contributed by atoms with Gasteiger partial charge in [-0.1, -0.05) is 6.07 Å². The minimum atomic E-state index is -0.127. The zero-order chi connectivity index (χ0) is 15.7. The van der Waals surface area contributed by atoms with E-state index in [1.54, 1.807) is 11.1 Å². The molecule has 0 unspecified atom stereocenters. The highest BCUT2D eigenvalue weighted by Crippen LogP contribution is 2.09. The molecule has 21 heavy (non-hydrogen) atoms. The predicted molar refractivity (Wildman–Crippen MR) is 86.0 cm³/mol. The third-order valence-corrected chi connectivity index (χ3v) is 4.00. The zero-order valence-corrected chi connectivity index (χ0v) is 13.7. The Kier molecular flexibility index (Phi) is 7.82. The number of pyridine rings is 1. The summed E-state index contributed by atoms with van der Waals surface area (Å²) in [5.41, 5.74) is 0.829. The van der Waals surface area contributed by atoms with Gasteiger partial charge in [0.05, 0.1) is 23.2 Å². The summed E-state index contributed by atoms with van der Waals surface area (Å²) in [4.78, 5) is 29.6. The molecular weight excluding hydrogens is 286 g/mol. The lowest BCUT2D eigenvalue weighted by atomic mass is 10.2. The molecule has 1 aromatic rings. The average molecular weight is 309 g/mol. The monoisotopic (exact) mass is 309 g/mol. The van der Waals surface area contributed by atoms with Gasteiger partial charge in [-0.3, -0.25) is 14.6 Å². The van der Waals surface area contributed by atoms with Crippen molar-refractivity contribution in [1.29, 1.82) is 0 Å². The summed E-state index contributed by atoms with van der Waals surface area (Å²) >= 11 is 1.34. The fourth-order valence-electron chi connectivity index (χ4n) is 1.89. The maximum atomic E-state index is 11.8. The van der Waals surface area contributed by atoms with Gasteiger partial charge in [-0.2, -0.15) is 0 Å². The number of amides is 2. The summed E-state index contributed by atoms with van der Waals surface area (Å²) < 4.78 is 0. The number of hydrogen-bond acceptors (Lipinski definition) is 4. The van der Waals surface area contributed by atoms with Crippen molar-refractivity contribution in [3.63, 3.8) is 0 Å². The van der Waals surface area contributed by atoms with Crippen molar-refractivity contribution in [2.24, 2.45) is 0 Å². The molecule has 116 valence electrons. The van der Waals surface area contributed by atoms with Crippen LogP contribution >= 0.6 is 11.8 Å². The van der Waals surface area contributed by atoms with Gasteiger partial charge in [-0.15, -0.1) is 11.8 Å². The maximum Gasteiger partial charge on any atom is 0.232 e. The lowest BCUT2D eigenvalue weighted by Gasteiger charge is -2.18. The van der Waals surface area contributed by atoms with E-state index in [-0.39, 0.29) is 23.6 Å². The van der Waals surface area contributed by atoms with Gasteiger partial charge >= 0.3 is 0 Å². The molecular formula is C15H23N3O2S. The smallest absolute Gasteiger partial charge is 0.232 e. The zero-order valence-electron chi connectivity index (χ0n) is 12.8. The van der Waals surface area contributed by atoms with Crippen LogP contribution in [0.25, 0.3) is 0 Å². The molecule has 0 saturated heterocycles. The van der Waals surface area contributed by atoms with E-state index in [0.29, 0.717) is 18.8 Å². The molecule has 2 amide bonds. The highest BCUT2D eigenvalue weighted by atomic mass is 32.2. The first-order chi connectivity index (χ1) is 10.1. The van der Waals surface area contributed by atoms with E-state index >= 15 is 0 Å². The van der Waals surface area contributed by atoms with Gasteiger partial charge in [0.25, 0.3) is 0 Å². The second-order valence-corrected chi connectivity index (χ2v) is 5.59. The van der Waals surface area contributed by atoms with Gasteiger partial charge in [0.1, 0.15) is 0 Å². The van der Waals surface area contributed by atoms with Crippen molar-refractivity contribution in [3.8, 4) is 0 Å². The highest BCUT2D eigenvalue weighted by molar-refractivity contribution is 8.00. The van der Waals surface area contributed by atoms with E-state index in [4.69, 9.17) is 0 Å². The minimum absolute atomic E-state index is 0.0782. The third kappa shape index (κ3) is 6.16. The molecule has 0 radical (unpaired) electrons. The first-order valence-electron chi connectivity index (χ1n) is 7.14. The number of nitrogens with one attached hydrogen (secondary N) is 1. The summed E-state index contributed by atoms with van der Waals surface area (Å²) in [7, 11) is 0. The molecule has 0 aromatic carbocycles. The summed E-state index contributed by atoms with van der Waals surface area (Å²) in [6.45, 7) is 7.21. The van der Waals surface area contributed by atoms with E-state index in [1.807, 2.05) is 39.0 Å². The minimum Gasteiger partial charge on any atom is -0.347 e. The molecule has 0 spiro atoms. The number of nitrogens with zero attached hydrogens (tertiary/aromatic N) is 2. The first-order valence-corrected chi connectivity index (χ1v) is 8.29. The third-order valence-electron chi connectivity index (χ3n) is 3.08. The molecule has 5 nitrogen and oxygen atoms in total. The maximum absolute atomic E-state index is 11.8. The normalized spacial score (nSPS) is 11.8. The van der Waals surface area contributed by atoms with Crippen molar-refractivity contribution in [2.75, 3.05) is 24.6 Å². The van der Waals surface area contributed by atoms with Crippen LogP contribution in [0, 0.1) is 0 Å². The molecule has 1 aromatic heterocycles. The number of rotatable bonds is 8.